The van der Waals surface area contributed by atoms with Crippen molar-refractivity contribution in [3.8, 4) is 11.5 Å². The number of hydrogen-bond acceptors (Lipinski definition) is 4. The molecule has 0 unspecified atom stereocenters. The fraction of sp³-hybridized carbons (Fsp3) is 0.273. The summed E-state index contributed by atoms with van der Waals surface area (Å²) < 4.78 is 12.6. The average molecular weight is 408 g/mol. The minimum absolute atomic E-state index is 0.0232. The standard InChI is InChI=1S/C22H24N4O4/c1-24(2)21(27)13-26-9-8-16-11-17(5-6-18(16)26)23-22(28)25(3)12-15-4-7-19-20(10-15)30-14-29-19/h4-11H,12-14H2,1-3H3,(H,23,28). The third kappa shape index (κ3) is 4.03. The normalized spacial score (nSPS) is 12.1. The Labute approximate surface area is 174 Å². The zero-order valence-corrected chi connectivity index (χ0v) is 17.2. The lowest BCUT2D eigenvalue weighted by Gasteiger charge is -2.18. The number of anilines is 1. The van der Waals surface area contributed by atoms with Gasteiger partial charge in [0.25, 0.3) is 0 Å². The van der Waals surface area contributed by atoms with E-state index in [2.05, 4.69) is 5.32 Å². The maximum atomic E-state index is 12.6. The van der Waals surface area contributed by atoms with Gasteiger partial charge in [-0.15, -0.1) is 0 Å². The summed E-state index contributed by atoms with van der Waals surface area (Å²) in [5.74, 6) is 1.44. The first-order valence-corrected chi connectivity index (χ1v) is 9.60. The van der Waals surface area contributed by atoms with E-state index in [4.69, 9.17) is 9.47 Å². The van der Waals surface area contributed by atoms with Crippen LogP contribution in [0.5, 0.6) is 11.5 Å². The van der Waals surface area contributed by atoms with Crippen LogP contribution in [0.25, 0.3) is 10.9 Å². The Morgan fingerprint density at radius 1 is 1.03 bits per heavy atom. The molecule has 3 amide bonds. The first-order chi connectivity index (χ1) is 14.4. The van der Waals surface area contributed by atoms with E-state index >= 15 is 0 Å². The summed E-state index contributed by atoms with van der Waals surface area (Å²) in [6.45, 7) is 0.941. The number of ether oxygens (including phenoxy) is 2. The number of carbonyl (C=O) groups excluding carboxylic acids is 2. The van der Waals surface area contributed by atoms with Gasteiger partial charge in [-0.05, 0) is 42.0 Å². The highest BCUT2D eigenvalue weighted by Crippen LogP contribution is 2.32. The molecule has 0 saturated heterocycles. The molecular weight excluding hydrogens is 384 g/mol. The molecule has 0 aliphatic carbocycles. The Kier molecular flexibility index (Phi) is 5.22. The number of hydrogen-bond donors (Lipinski definition) is 1. The molecule has 0 atom stereocenters. The van der Waals surface area contributed by atoms with Crippen LogP contribution in [0.1, 0.15) is 5.56 Å². The number of carbonyl (C=O) groups is 2. The van der Waals surface area contributed by atoms with E-state index in [0.29, 0.717) is 18.0 Å². The van der Waals surface area contributed by atoms with Gasteiger partial charge in [0.15, 0.2) is 11.5 Å². The molecule has 0 fully saturated rings. The molecule has 8 nitrogen and oxygen atoms in total. The highest BCUT2D eigenvalue weighted by molar-refractivity contribution is 5.93. The second-order valence-electron chi connectivity index (χ2n) is 7.48. The molecule has 1 aromatic heterocycles. The Morgan fingerprint density at radius 3 is 2.63 bits per heavy atom. The van der Waals surface area contributed by atoms with Crippen LogP contribution in [0.2, 0.25) is 0 Å². The van der Waals surface area contributed by atoms with Crippen LogP contribution >= 0.6 is 0 Å². The highest BCUT2D eigenvalue weighted by Gasteiger charge is 2.16. The van der Waals surface area contributed by atoms with E-state index in [1.165, 1.54) is 0 Å². The van der Waals surface area contributed by atoms with E-state index < -0.39 is 0 Å². The van der Waals surface area contributed by atoms with Gasteiger partial charge in [-0.2, -0.15) is 0 Å². The van der Waals surface area contributed by atoms with Gasteiger partial charge < -0.3 is 29.2 Å². The van der Waals surface area contributed by atoms with Crippen LogP contribution in [0.3, 0.4) is 0 Å². The molecule has 3 aromatic rings. The summed E-state index contributed by atoms with van der Waals surface area (Å²) in [5.41, 5.74) is 2.59. The number of nitrogens with zero attached hydrogens (tertiary/aromatic N) is 3. The summed E-state index contributed by atoms with van der Waals surface area (Å²) in [6, 6.07) is 13.0. The van der Waals surface area contributed by atoms with Crippen molar-refractivity contribution in [2.75, 3.05) is 33.3 Å². The van der Waals surface area contributed by atoms with Gasteiger partial charge >= 0.3 is 6.03 Å². The first-order valence-electron chi connectivity index (χ1n) is 9.60. The second-order valence-corrected chi connectivity index (χ2v) is 7.48. The number of amides is 3. The number of urea groups is 1. The third-order valence-corrected chi connectivity index (χ3v) is 5.03. The van der Waals surface area contributed by atoms with Crippen molar-refractivity contribution in [1.82, 2.24) is 14.4 Å². The van der Waals surface area contributed by atoms with Crippen LogP contribution in [-0.4, -0.2) is 54.2 Å². The van der Waals surface area contributed by atoms with E-state index in [-0.39, 0.29) is 25.3 Å². The molecule has 4 rings (SSSR count). The summed E-state index contributed by atoms with van der Waals surface area (Å²) in [5, 5.41) is 3.88. The number of benzene rings is 2. The van der Waals surface area contributed by atoms with Crippen LogP contribution in [0.15, 0.2) is 48.7 Å². The van der Waals surface area contributed by atoms with Crippen molar-refractivity contribution >= 4 is 28.5 Å². The predicted molar refractivity (Wildman–Crippen MR) is 114 cm³/mol. The molecule has 1 aliphatic rings. The van der Waals surface area contributed by atoms with Crippen LogP contribution < -0.4 is 14.8 Å². The quantitative estimate of drug-likeness (QED) is 0.704. The number of fused-ring (bicyclic) bond motifs is 2. The zero-order chi connectivity index (χ0) is 21.3. The zero-order valence-electron chi connectivity index (χ0n) is 17.2. The summed E-state index contributed by atoms with van der Waals surface area (Å²) in [6.07, 6.45) is 1.88. The number of rotatable bonds is 5. The number of aromatic nitrogens is 1. The van der Waals surface area contributed by atoms with Gasteiger partial charge in [0, 0.05) is 50.5 Å². The lowest BCUT2D eigenvalue weighted by Crippen LogP contribution is -2.30. The SMILES string of the molecule is CN(C)C(=O)Cn1ccc2cc(NC(=O)N(C)Cc3ccc4c(c3)OCO4)ccc21. The van der Waals surface area contributed by atoms with Crippen molar-refractivity contribution in [2.24, 2.45) is 0 Å². The smallest absolute Gasteiger partial charge is 0.321 e. The Hall–Kier alpha value is -3.68. The van der Waals surface area contributed by atoms with E-state index in [0.717, 1.165) is 22.2 Å². The van der Waals surface area contributed by atoms with Crippen LogP contribution in [-0.2, 0) is 17.9 Å². The average Bonchev–Trinajstić information content (AvgIpc) is 3.34. The lowest BCUT2D eigenvalue weighted by molar-refractivity contribution is -0.129. The molecular formula is C22H24N4O4. The van der Waals surface area contributed by atoms with Crippen molar-refractivity contribution < 1.29 is 19.1 Å². The molecule has 0 bridgehead atoms. The van der Waals surface area contributed by atoms with Gasteiger partial charge in [0.2, 0.25) is 12.7 Å². The maximum Gasteiger partial charge on any atom is 0.321 e. The highest BCUT2D eigenvalue weighted by atomic mass is 16.7. The van der Waals surface area contributed by atoms with Crippen molar-refractivity contribution in [2.45, 2.75) is 13.1 Å². The molecule has 0 saturated carbocycles. The molecule has 1 aliphatic heterocycles. The van der Waals surface area contributed by atoms with E-state index in [1.807, 2.05) is 53.2 Å². The lowest BCUT2D eigenvalue weighted by atomic mass is 10.2. The van der Waals surface area contributed by atoms with Gasteiger partial charge in [0.1, 0.15) is 6.54 Å². The minimum atomic E-state index is -0.214. The Bertz CT molecular complexity index is 1110. The molecule has 2 heterocycles. The predicted octanol–water partition coefficient (Wildman–Crippen LogP) is 3.12. The Morgan fingerprint density at radius 2 is 1.83 bits per heavy atom. The molecule has 0 radical (unpaired) electrons. The largest absolute Gasteiger partial charge is 0.454 e. The van der Waals surface area contributed by atoms with E-state index in [9.17, 15) is 9.59 Å². The van der Waals surface area contributed by atoms with Gasteiger partial charge in [-0.25, -0.2) is 4.79 Å². The van der Waals surface area contributed by atoms with Crippen molar-refractivity contribution in [3.63, 3.8) is 0 Å². The summed E-state index contributed by atoms with van der Waals surface area (Å²) in [4.78, 5) is 27.8. The van der Waals surface area contributed by atoms with Crippen molar-refractivity contribution in [1.29, 1.82) is 0 Å². The van der Waals surface area contributed by atoms with Crippen LogP contribution in [0, 0.1) is 0 Å². The second kappa shape index (κ2) is 7.98. The van der Waals surface area contributed by atoms with Crippen LogP contribution in [0.4, 0.5) is 10.5 Å². The molecule has 156 valence electrons. The topological polar surface area (TPSA) is 76.0 Å². The molecule has 8 heteroatoms. The molecule has 2 aromatic carbocycles. The Balaban J connectivity index is 1.41. The minimum Gasteiger partial charge on any atom is -0.454 e. The van der Waals surface area contributed by atoms with E-state index in [1.54, 1.807) is 30.9 Å². The van der Waals surface area contributed by atoms with Gasteiger partial charge in [0.05, 0.1) is 0 Å². The third-order valence-electron chi connectivity index (χ3n) is 5.03. The molecule has 0 spiro atoms. The maximum absolute atomic E-state index is 12.6. The fourth-order valence-corrected chi connectivity index (χ4v) is 3.31. The summed E-state index contributed by atoms with van der Waals surface area (Å²) >= 11 is 0. The summed E-state index contributed by atoms with van der Waals surface area (Å²) in [7, 11) is 5.21. The van der Waals surface area contributed by atoms with Crippen molar-refractivity contribution in [3.05, 3.63) is 54.2 Å². The molecule has 1 N–H and O–H groups in total. The number of nitrogens with one attached hydrogen (secondary N) is 1. The van der Waals surface area contributed by atoms with Gasteiger partial charge in [-0.3, -0.25) is 4.79 Å². The fourth-order valence-electron chi connectivity index (χ4n) is 3.31. The van der Waals surface area contributed by atoms with Gasteiger partial charge in [-0.1, -0.05) is 6.07 Å². The first kappa shape index (κ1) is 19.6. The number of likely N-dealkylation sites (N-methyl/N-ethyl adjacent to an activating group) is 1. The molecule has 30 heavy (non-hydrogen) atoms. The monoisotopic (exact) mass is 408 g/mol.